The molecule has 0 atom stereocenters. The molecule has 7 heteroatoms. The number of aryl methyl sites for hydroxylation is 1. The van der Waals surface area contributed by atoms with Crippen LogP contribution in [0.2, 0.25) is 0 Å². The van der Waals surface area contributed by atoms with Gasteiger partial charge in [0.25, 0.3) is 11.6 Å². The Morgan fingerprint density at radius 3 is 2.61 bits per heavy atom. The maximum Gasteiger partial charge on any atom is 0.277 e. The molecule has 142 valence electrons. The summed E-state index contributed by atoms with van der Waals surface area (Å²) in [7, 11) is 0. The van der Waals surface area contributed by atoms with Gasteiger partial charge in [-0.25, -0.2) is 5.43 Å². The first kappa shape index (κ1) is 19.0. The minimum Gasteiger partial charge on any atom is -0.484 e. The summed E-state index contributed by atoms with van der Waals surface area (Å²) < 4.78 is 5.51. The number of fused-ring (bicyclic) bond motifs is 1. The number of nitro benzene ring substituents is 1. The molecule has 1 N–H and O–H groups in total. The lowest BCUT2D eigenvalue weighted by Crippen LogP contribution is -2.25. The van der Waals surface area contributed by atoms with Crippen LogP contribution in [0, 0.1) is 17.0 Å². The largest absolute Gasteiger partial charge is 0.484 e. The smallest absolute Gasteiger partial charge is 0.277 e. The van der Waals surface area contributed by atoms with E-state index in [4.69, 9.17) is 4.74 Å². The summed E-state index contributed by atoms with van der Waals surface area (Å²) in [5.74, 6) is 0.165. The molecular weight excluding hydrogens is 358 g/mol. The number of nitrogens with one attached hydrogen (secondary N) is 1. The second-order valence-electron chi connectivity index (χ2n) is 6.29. The van der Waals surface area contributed by atoms with Gasteiger partial charge < -0.3 is 4.74 Å². The normalized spacial score (nSPS) is 11.3. The molecule has 0 aliphatic heterocycles. The summed E-state index contributed by atoms with van der Waals surface area (Å²) in [6.45, 7) is 3.14. The Morgan fingerprint density at radius 1 is 1.11 bits per heavy atom. The van der Waals surface area contributed by atoms with Crippen LogP contribution in [0.25, 0.3) is 10.8 Å². The van der Waals surface area contributed by atoms with E-state index in [9.17, 15) is 14.9 Å². The minimum atomic E-state index is -0.442. The average molecular weight is 377 g/mol. The van der Waals surface area contributed by atoms with Gasteiger partial charge in [0.1, 0.15) is 5.75 Å². The zero-order chi connectivity index (χ0) is 20.1. The quantitative estimate of drug-likeness (QED) is 0.399. The molecule has 0 radical (unpaired) electrons. The van der Waals surface area contributed by atoms with Crippen molar-refractivity contribution in [3.05, 3.63) is 81.9 Å². The first-order valence-electron chi connectivity index (χ1n) is 8.64. The molecule has 0 heterocycles. The molecule has 0 saturated carbocycles. The van der Waals surface area contributed by atoms with Gasteiger partial charge in [-0.15, -0.1) is 0 Å². The highest BCUT2D eigenvalue weighted by Gasteiger charge is 2.12. The van der Waals surface area contributed by atoms with Gasteiger partial charge >= 0.3 is 0 Å². The predicted octanol–water partition coefficient (Wildman–Crippen LogP) is 3.98. The van der Waals surface area contributed by atoms with E-state index in [1.165, 1.54) is 6.07 Å². The van der Waals surface area contributed by atoms with E-state index >= 15 is 0 Å². The molecule has 3 aromatic rings. The summed E-state index contributed by atoms with van der Waals surface area (Å²) in [6, 6.07) is 18.3. The number of hydrogen-bond acceptors (Lipinski definition) is 5. The Bertz CT molecular complexity index is 1080. The van der Waals surface area contributed by atoms with Gasteiger partial charge in [0, 0.05) is 17.2 Å². The SMILES string of the molecule is C/C(=N\NC(=O)COc1ccc2ccccc2c1)c1ccc(C)c([N+](=O)[O-])c1. The number of benzene rings is 3. The monoisotopic (exact) mass is 377 g/mol. The van der Waals surface area contributed by atoms with Crippen LogP contribution in [0.3, 0.4) is 0 Å². The van der Waals surface area contributed by atoms with Gasteiger partial charge in [0.2, 0.25) is 0 Å². The van der Waals surface area contributed by atoms with Gasteiger partial charge in [-0.1, -0.05) is 42.5 Å². The Labute approximate surface area is 161 Å². The number of carbonyl (C=O) groups is 1. The number of ether oxygens (including phenoxy) is 1. The van der Waals surface area contributed by atoms with E-state index in [1.54, 1.807) is 32.0 Å². The first-order valence-corrected chi connectivity index (χ1v) is 8.64. The number of nitro groups is 1. The summed E-state index contributed by atoms with van der Waals surface area (Å²) in [6.07, 6.45) is 0. The number of hydrazone groups is 1. The standard InChI is InChI=1S/C21H19N3O4/c1-14-7-8-17(12-20(14)24(26)27)15(2)22-23-21(25)13-28-19-10-9-16-5-3-4-6-18(16)11-19/h3-12H,13H2,1-2H3,(H,23,25)/b22-15+. The van der Waals surface area contributed by atoms with E-state index in [0.717, 1.165) is 10.8 Å². The summed E-state index contributed by atoms with van der Waals surface area (Å²) >= 11 is 0. The highest BCUT2D eigenvalue weighted by molar-refractivity contribution is 5.99. The Hall–Kier alpha value is -3.74. The van der Waals surface area contributed by atoms with Crippen molar-refractivity contribution in [2.45, 2.75) is 13.8 Å². The lowest BCUT2D eigenvalue weighted by Gasteiger charge is -2.07. The summed E-state index contributed by atoms with van der Waals surface area (Å²) in [5, 5.41) is 17.2. The molecule has 0 fully saturated rings. The molecular formula is C21H19N3O4. The number of carbonyl (C=O) groups excluding carboxylic acids is 1. The molecule has 28 heavy (non-hydrogen) atoms. The maximum absolute atomic E-state index is 12.0. The zero-order valence-corrected chi connectivity index (χ0v) is 15.5. The third kappa shape index (κ3) is 4.50. The van der Waals surface area contributed by atoms with Crippen molar-refractivity contribution in [2.75, 3.05) is 6.61 Å². The molecule has 0 aromatic heterocycles. The van der Waals surface area contributed by atoms with Gasteiger partial charge in [-0.3, -0.25) is 14.9 Å². The lowest BCUT2D eigenvalue weighted by atomic mass is 10.1. The summed E-state index contributed by atoms with van der Waals surface area (Å²) in [5.41, 5.74) is 4.01. The molecule has 3 aromatic carbocycles. The number of amides is 1. The van der Waals surface area contributed by atoms with Crippen molar-refractivity contribution in [3.63, 3.8) is 0 Å². The van der Waals surface area contributed by atoms with Crippen molar-refractivity contribution in [1.29, 1.82) is 0 Å². The molecule has 0 aliphatic carbocycles. The first-order chi connectivity index (χ1) is 13.4. The molecule has 7 nitrogen and oxygen atoms in total. The average Bonchev–Trinajstić information content (AvgIpc) is 2.70. The molecule has 0 unspecified atom stereocenters. The van der Waals surface area contributed by atoms with Crippen LogP contribution in [0.15, 0.2) is 65.8 Å². The van der Waals surface area contributed by atoms with Crippen molar-refractivity contribution in [1.82, 2.24) is 5.43 Å². The van der Waals surface area contributed by atoms with Crippen molar-refractivity contribution in [2.24, 2.45) is 5.10 Å². The maximum atomic E-state index is 12.0. The fraction of sp³-hybridized carbons (Fsp3) is 0.143. The van der Waals surface area contributed by atoms with E-state index in [-0.39, 0.29) is 12.3 Å². The highest BCUT2D eigenvalue weighted by atomic mass is 16.6. The van der Waals surface area contributed by atoms with E-state index < -0.39 is 10.8 Å². The molecule has 0 saturated heterocycles. The Kier molecular flexibility index (Phi) is 5.64. The fourth-order valence-corrected chi connectivity index (χ4v) is 2.68. The van der Waals surface area contributed by atoms with Crippen molar-refractivity contribution < 1.29 is 14.5 Å². The third-order valence-corrected chi connectivity index (χ3v) is 4.26. The molecule has 3 rings (SSSR count). The van der Waals surface area contributed by atoms with E-state index in [1.807, 2.05) is 36.4 Å². The second-order valence-corrected chi connectivity index (χ2v) is 6.29. The third-order valence-electron chi connectivity index (χ3n) is 4.26. The number of nitrogens with zero attached hydrogens (tertiary/aromatic N) is 2. The predicted molar refractivity (Wildman–Crippen MR) is 108 cm³/mol. The molecule has 1 amide bonds. The van der Waals surface area contributed by atoms with Crippen molar-refractivity contribution >= 4 is 28.1 Å². The number of rotatable bonds is 6. The topological polar surface area (TPSA) is 93.8 Å². The lowest BCUT2D eigenvalue weighted by molar-refractivity contribution is -0.385. The van der Waals surface area contributed by atoms with Gasteiger partial charge in [0.05, 0.1) is 10.6 Å². The second kappa shape index (κ2) is 8.30. The van der Waals surface area contributed by atoms with Crippen molar-refractivity contribution in [3.8, 4) is 5.75 Å². The minimum absolute atomic E-state index is 0.0120. The summed E-state index contributed by atoms with van der Waals surface area (Å²) in [4.78, 5) is 22.6. The van der Waals surface area contributed by atoms with E-state index in [0.29, 0.717) is 22.6 Å². The van der Waals surface area contributed by atoms with Crippen LogP contribution in [0.5, 0.6) is 5.75 Å². The van der Waals surface area contributed by atoms with Gasteiger partial charge in [-0.2, -0.15) is 5.10 Å². The van der Waals surface area contributed by atoms with Crippen LogP contribution in [-0.4, -0.2) is 23.1 Å². The zero-order valence-electron chi connectivity index (χ0n) is 15.5. The van der Waals surface area contributed by atoms with Crippen LogP contribution in [0.1, 0.15) is 18.1 Å². The van der Waals surface area contributed by atoms with Gasteiger partial charge in [0.15, 0.2) is 6.61 Å². The Balaban J connectivity index is 1.61. The van der Waals surface area contributed by atoms with Crippen LogP contribution in [-0.2, 0) is 4.79 Å². The number of hydrogen-bond donors (Lipinski definition) is 1. The van der Waals surface area contributed by atoms with Crippen LogP contribution in [0.4, 0.5) is 5.69 Å². The molecule has 0 spiro atoms. The fourth-order valence-electron chi connectivity index (χ4n) is 2.68. The van der Waals surface area contributed by atoms with Crippen LogP contribution >= 0.6 is 0 Å². The van der Waals surface area contributed by atoms with Crippen LogP contribution < -0.4 is 10.2 Å². The Morgan fingerprint density at radius 2 is 1.86 bits per heavy atom. The highest BCUT2D eigenvalue weighted by Crippen LogP contribution is 2.21. The molecule has 0 aliphatic rings. The van der Waals surface area contributed by atoms with E-state index in [2.05, 4.69) is 10.5 Å². The van der Waals surface area contributed by atoms with Gasteiger partial charge in [-0.05, 0) is 36.8 Å². The molecule has 0 bridgehead atoms.